The van der Waals surface area contributed by atoms with Gasteiger partial charge in [-0.15, -0.1) is 0 Å². The van der Waals surface area contributed by atoms with Gasteiger partial charge in [-0.05, 0) is 43.4 Å². The van der Waals surface area contributed by atoms with Crippen molar-refractivity contribution in [2.24, 2.45) is 0 Å². The van der Waals surface area contributed by atoms with Gasteiger partial charge in [-0.1, -0.05) is 0 Å². The highest BCUT2D eigenvalue weighted by Gasteiger charge is 2.17. The first-order valence-corrected chi connectivity index (χ1v) is 10.7. The number of likely N-dealkylation sites (N-methyl/N-ethyl adjacent to an activating group) is 1. The molecule has 5 rings (SSSR count). The molecule has 3 N–H and O–H groups in total. The highest BCUT2D eigenvalue weighted by Crippen LogP contribution is 2.24. The molecule has 1 aliphatic rings. The summed E-state index contributed by atoms with van der Waals surface area (Å²) in [4.78, 5) is 34.8. The number of aromatic nitrogens is 4. The standard InChI is InChI=1S/C24H24N8O/c1-31-6-8-32(9-7-31)23-12-16(4-5-26-23)24(33)30-22-11-18-10-19(14-27-20(18)15-29-22)17-2-3-21(25)28-13-17/h2-5,10-15H,6-9H2,1H3,(H2,25,28)(H,29,30,33). The third kappa shape index (κ3) is 4.58. The Hall–Kier alpha value is -4.11. The van der Waals surface area contributed by atoms with Crippen LogP contribution in [0.15, 0.2) is 61.2 Å². The SMILES string of the molecule is CN1CCN(c2cc(C(=O)Nc3cc4cc(-c5ccc(N)nc5)cnc4cn3)ccn2)CC1. The summed E-state index contributed by atoms with van der Waals surface area (Å²) in [5, 5.41) is 3.76. The zero-order valence-electron chi connectivity index (χ0n) is 18.3. The van der Waals surface area contributed by atoms with Crippen LogP contribution in [0.25, 0.3) is 22.0 Å². The van der Waals surface area contributed by atoms with E-state index in [9.17, 15) is 4.79 Å². The Morgan fingerprint density at radius 1 is 0.909 bits per heavy atom. The molecule has 9 nitrogen and oxygen atoms in total. The van der Waals surface area contributed by atoms with Crippen LogP contribution in [0.3, 0.4) is 0 Å². The fourth-order valence-electron chi connectivity index (χ4n) is 3.79. The van der Waals surface area contributed by atoms with E-state index >= 15 is 0 Å². The first-order chi connectivity index (χ1) is 16.0. The average molecular weight is 441 g/mol. The van der Waals surface area contributed by atoms with Crippen LogP contribution >= 0.6 is 0 Å². The number of hydrogen-bond acceptors (Lipinski definition) is 8. The van der Waals surface area contributed by atoms with Gasteiger partial charge in [-0.25, -0.2) is 15.0 Å². The van der Waals surface area contributed by atoms with Crippen LogP contribution in [0.1, 0.15) is 10.4 Å². The molecular weight excluding hydrogens is 416 g/mol. The number of nitrogens with one attached hydrogen (secondary N) is 1. The topological polar surface area (TPSA) is 113 Å². The van der Waals surface area contributed by atoms with Crippen LogP contribution in [0.5, 0.6) is 0 Å². The third-order valence-corrected chi connectivity index (χ3v) is 5.76. The summed E-state index contributed by atoms with van der Waals surface area (Å²) < 4.78 is 0. The molecule has 4 aromatic heterocycles. The van der Waals surface area contributed by atoms with Gasteiger partial charge in [0, 0.05) is 66.8 Å². The molecule has 0 radical (unpaired) electrons. The van der Waals surface area contributed by atoms with E-state index in [0.717, 1.165) is 54.0 Å². The van der Waals surface area contributed by atoms with Crippen molar-refractivity contribution in [3.8, 4) is 11.1 Å². The van der Waals surface area contributed by atoms with Gasteiger partial charge in [-0.2, -0.15) is 0 Å². The second-order valence-electron chi connectivity index (χ2n) is 8.11. The number of rotatable bonds is 4. The summed E-state index contributed by atoms with van der Waals surface area (Å²) in [7, 11) is 2.11. The van der Waals surface area contributed by atoms with E-state index < -0.39 is 0 Å². The van der Waals surface area contributed by atoms with Crippen LogP contribution in [-0.4, -0.2) is 64.0 Å². The van der Waals surface area contributed by atoms with E-state index in [0.29, 0.717) is 17.2 Å². The molecule has 0 bridgehead atoms. The lowest BCUT2D eigenvalue weighted by atomic mass is 10.1. The zero-order valence-corrected chi connectivity index (χ0v) is 18.3. The third-order valence-electron chi connectivity index (χ3n) is 5.76. The molecule has 166 valence electrons. The molecule has 1 fully saturated rings. The summed E-state index contributed by atoms with van der Waals surface area (Å²) in [6.07, 6.45) is 6.81. The van der Waals surface area contributed by atoms with E-state index in [2.05, 4.69) is 42.1 Å². The van der Waals surface area contributed by atoms with Crippen molar-refractivity contribution in [3.05, 3.63) is 66.7 Å². The minimum Gasteiger partial charge on any atom is -0.384 e. The number of nitrogens with two attached hydrogens (primary N) is 1. The van der Waals surface area contributed by atoms with Gasteiger partial charge in [0.2, 0.25) is 0 Å². The number of nitrogens with zero attached hydrogens (tertiary/aromatic N) is 6. The maximum Gasteiger partial charge on any atom is 0.257 e. The Morgan fingerprint density at radius 3 is 2.52 bits per heavy atom. The van der Waals surface area contributed by atoms with Crippen molar-refractivity contribution >= 4 is 34.3 Å². The molecule has 1 aliphatic heterocycles. The first-order valence-electron chi connectivity index (χ1n) is 10.7. The number of anilines is 3. The van der Waals surface area contributed by atoms with Gasteiger partial charge in [0.15, 0.2) is 0 Å². The second-order valence-corrected chi connectivity index (χ2v) is 8.11. The largest absolute Gasteiger partial charge is 0.384 e. The van der Waals surface area contributed by atoms with Crippen LogP contribution < -0.4 is 16.0 Å². The van der Waals surface area contributed by atoms with E-state index in [4.69, 9.17) is 5.73 Å². The van der Waals surface area contributed by atoms with Gasteiger partial charge in [-0.3, -0.25) is 9.78 Å². The molecule has 4 aromatic rings. The Balaban J connectivity index is 1.36. The summed E-state index contributed by atoms with van der Waals surface area (Å²) in [5.41, 5.74) is 8.78. The van der Waals surface area contributed by atoms with Crippen LogP contribution in [0, 0.1) is 0 Å². The zero-order chi connectivity index (χ0) is 22.8. The molecule has 0 aromatic carbocycles. The number of nitrogen functional groups attached to an aromatic ring is 1. The van der Waals surface area contributed by atoms with Crippen LogP contribution in [0.2, 0.25) is 0 Å². The predicted molar refractivity (Wildman–Crippen MR) is 129 cm³/mol. The van der Waals surface area contributed by atoms with E-state index in [-0.39, 0.29) is 5.91 Å². The van der Waals surface area contributed by atoms with Crippen molar-refractivity contribution in [1.82, 2.24) is 24.8 Å². The number of hydrogen-bond donors (Lipinski definition) is 2. The number of carbonyl (C=O) groups is 1. The van der Waals surface area contributed by atoms with Crippen molar-refractivity contribution in [2.75, 3.05) is 49.2 Å². The van der Waals surface area contributed by atoms with E-state index in [1.807, 2.05) is 24.3 Å². The highest BCUT2D eigenvalue weighted by molar-refractivity contribution is 6.04. The monoisotopic (exact) mass is 440 g/mol. The van der Waals surface area contributed by atoms with Gasteiger partial charge >= 0.3 is 0 Å². The van der Waals surface area contributed by atoms with Gasteiger partial charge in [0.25, 0.3) is 5.91 Å². The first kappa shape index (κ1) is 20.8. The molecule has 5 heterocycles. The second kappa shape index (κ2) is 8.79. The molecule has 0 atom stereocenters. The Morgan fingerprint density at radius 2 is 1.73 bits per heavy atom. The average Bonchev–Trinajstić information content (AvgIpc) is 2.84. The summed E-state index contributed by atoms with van der Waals surface area (Å²) in [6, 6.07) is 11.0. The quantitative estimate of drug-likeness (QED) is 0.498. The number of amides is 1. The van der Waals surface area contributed by atoms with Gasteiger partial charge in [0.1, 0.15) is 17.5 Å². The molecule has 0 aliphatic carbocycles. The summed E-state index contributed by atoms with van der Waals surface area (Å²) in [5.74, 6) is 1.51. The fraction of sp³-hybridized carbons (Fsp3) is 0.208. The van der Waals surface area contributed by atoms with Crippen molar-refractivity contribution < 1.29 is 4.79 Å². The molecule has 9 heteroatoms. The van der Waals surface area contributed by atoms with Gasteiger partial charge < -0.3 is 20.9 Å². The van der Waals surface area contributed by atoms with Crippen molar-refractivity contribution in [1.29, 1.82) is 0 Å². The molecule has 0 unspecified atom stereocenters. The normalized spacial score (nSPS) is 14.4. The Kier molecular flexibility index (Phi) is 5.54. The minimum absolute atomic E-state index is 0.230. The summed E-state index contributed by atoms with van der Waals surface area (Å²) in [6.45, 7) is 3.72. The summed E-state index contributed by atoms with van der Waals surface area (Å²) >= 11 is 0. The van der Waals surface area contributed by atoms with Crippen molar-refractivity contribution in [2.45, 2.75) is 0 Å². The number of pyridine rings is 4. The Bertz CT molecular complexity index is 1300. The van der Waals surface area contributed by atoms with E-state index in [1.54, 1.807) is 36.9 Å². The minimum atomic E-state index is -0.230. The maximum absolute atomic E-state index is 12.9. The molecule has 0 spiro atoms. The smallest absolute Gasteiger partial charge is 0.257 e. The number of carbonyl (C=O) groups excluding carboxylic acids is 1. The predicted octanol–water partition coefficient (Wildman–Crippen LogP) is 2.67. The lowest BCUT2D eigenvalue weighted by molar-refractivity contribution is 0.102. The molecule has 33 heavy (non-hydrogen) atoms. The van der Waals surface area contributed by atoms with Crippen LogP contribution in [0.4, 0.5) is 17.5 Å². The molecule has 1 amide bonds. The number of piperazine rings is 1. The molecule has 0 saturated carbocycles. The lowest BCUT2D eigenvalue weighted by Gasteiger charge is -2.33. The number of fused-ring (bicyclic) bond motifs is 1. The van der Waals surface area contributed by atoms with E-state index in [1.165, 1.54) is 0 Å². The molecule has 1 saturated heterocycles. The lowest BCUT2D eigenvalue weighted by Crippen LogP contribution is -2.44. The van der Waals surface area contributed by atoms with Crippen LogP contribution in [-0.2, 0) is 0 Å². The Labute approximate surface area is 191 Å². The highest BCUT2D eigenvalue weighted by atomic mass is 16.1. The van der Waals surface area contributed by atoms with Crippen molar-refractivity contribution in [3.63, 3.8) is 0 Å². The van der Waals surface area contributed by atoms with Gasteiger partial charge in [0.05, 0.1) is 11.7 Å². The maximum atomic E-state index is 12.9. The molecular formula is C24H24N8O. The fourth-order valence-corrected chi connectivity index (χ4v) is 3.79.